The van der Waals surface area contributed by atoms with Crippen LogP contribution in [0.25, 0.3) is 0 Å². The highest BCUT2D eigenvalue weighted by molar-refractivity contribution is 7.80. The molecule has 2 unspecified atom stereocenters. The lowest BCUT2D eigenvalue weighted by molar-refractivity contribution is -0.129. The number of thiocarbonyl (C=S) groups is 1. The summed E-state index contributed by atoms with van der Waals surface area (Å²) < 4.78 is 0. The zero-order chi connectivity index (χ0) is 10.0. The second-order valence-corrected chi connectivity index (χ2v) is 3.99. The van der Waals surface area contributed by atoms with Gasteiger partial charge in [-0.3, -0.25) is 9.69 Å². The minimum absolute atomic E-state index is 0.107. The number of carbonyl (C=O) groups is 1. The Morgan fingerprint density at radius 1 is 1.69 bits per heavy atom. The van der Waals surface area contributed by atoms with E-state index in [1.54, 1.807) is 0 Å². The molecular weight excluding hydrogens is 186 g/mol. The van der Waals surface area contributed by atoms with Crippen molar-refractivity contribution in [1.29, 1.82) is 0 Å². The summed E-state index contributed by atoms with van der Waals surface area (Å²) in [6.45, 7) is 2.92. The molecule has 13 heavy (non-hydrogen) atoms. The summed E-state index contributed by atoms with van der Waals surface area (Å²) in [7, 11) is 0. The van der Waals surface area contributed by atoms with Gasteiger partial charge in [0.1, 0.15) is 0 Å². The van der Waals surface area contributed by atoms with Gasteiger partial charge >= 0.3 is 0 Å². The maximum absolute atomic E-state index is 10.9. The van der Waals surface area contributed by atoms with Gasteiger partial charge in [0.15, 0.2) is 0 Å². The van der Waals surface area contributed by atoms with Gasteiger partial charge < -0.3 is 11.5 Å². The monoisotopic (exact) mass is 201 g/mol. The molecule has 1 rings (SSSR count). The second kappa shape index (κ2) is 4.02. The van der Waals surface area contributed by atoms with Gasteiger partial charge in [-0.1, -0.05) is 12.2 Å². The Kier molecular flexibility index (Phi) is 3.22. The molecular formula is C8H15N3OS. The molecule has 4 N–H and O–H groups in total. The van der Waals surface area contributed by atoms with Crippen LogP contribution in [0.1, 0.15) is 19.8 Å². The number of nitrogens with two attached hydrogens (primary N) is 2. The molecule has 0 aliphatic carbocycles. The van der Waals surface area contributed by atoms with Crippen molar-refractivity contribution in [3.05, 3.63) is 0 Å². The highest BCUT2D eigenvalue weighted by atomic mass is 32.1. The standard InChI is InChI=1S/C8H15N3OS/c1-5(4-7(9)13)11-3-2-6(11)8(10)12/h5-6H,2-4H2,1H3,(H2,9,13)(H2,10,12). The van der Waals surface area contributed by atoms with Crippen molar-refractivity contribution in [2.24, 2.45) is 11.5 Å². The number of primary amides is 1. The van der Waals surface area contributed by atoms with E-state index in [-0.39, 0.29) is 18.0 Å². The van der Waals surface area contributed by atoms with Gasteiger partial charge in [0, 0.05) is 19.0 Å². The van der Waals surface area contributed by atoms with E-state index < -0.39 is 0 Å². The molecule has 0 aromatic rings. The van der Waals surface area contributed by atoms with Crippen LogP contribution in [0.2, 0.25) is 0 Å². The van der Waals surface area contributed by atoms with E-state index in [0.29, 0.717) is 11.4 Å². The third-order valence-electron chi connectivity index (χ3n) is 2.45. The van der Waals surface area contributed by atoms with Crippen LogP contribution in [-0.2, 0) is 4.79 Å². The predicted octanol–water partition coefficient (Wildman–Crippen LogP) is -0.389. The molecule has 2 atom stereocenters. The summed E-state index contributed by atoms with van der Waals surface area (Å²) in [6.07, 6.45) is 1.51. The summed E-state index contributed by atoms with van der Waals surface area (Å²) >= 11 is 4.80. The van der Waals surface area contributed by atoms with Gasteiger partial charge in [-0.2, -0.15) is 0 Å². The Morgan fingerprint density at radius 2 is 2.31 bits per heavy atom. The van der Waals surface area contributed by atoms with E-state index >= 15 is 0 Å². The lowest BCUT2D eigenvalue weighted by Crippen LogP contribution is -2.58. The fraction of sp³-hybridized carbons (Fsp3) is 0.750. The first kappa shape index (κ1) is 10.4. The molecule has 0 aromatic heterocycles. The minimum Gasteiger partial charge on any atom is -0.393 e. The van der Waals surface area contributed by atoms with E-state index in [4.69, 9.17) is 23.7 Å². The number of likely N-dealkylation sites (tertiary alicyclic amines) is 1. The summed E-state index contributed by atoms with van der Waals surface area (Å²) in [5, 5.41) is 0. The van der Waals surface area contributed by atoms with Crippen LogP contribution in [-0.4, -0.2) is 34.4 Å². The average molecular weight is 201 g/mol. The first-order valence-electron chi connectivity index (χ1n) is 4.35. The normalized spacial score (nSPS) is 24.8. The van der Waals surface area contributed by atoms with E-state index in [1.165, 1.54) is 0 Å². The van der Waals surface area contributed by atoms with Crippen molar-refractivity contribution in [2.45, 2.75) is 31.8 Å². The molecule has 5 heteroatoms. The van der Waals surface area contributed by atoms with Crippen molar-refractivity contribution < 1.29 is 4.79 Å². The highest BCUT2D eigenvalue weighted by Gasteiger charge is 2.35. The van der Waals surface area contributed by atoms with Gasteiger partial charge in [-0.25, -0.2) is 0 Å². The summed E-state index contributed by atoms with van der Waals surface area (Å²) in [4.78, 5) is 13.4. The molecule has 0 saturated carbocycles. The van der Waals surface area contributed by atoms with E-state index in [2.05, 4.69) is 0 Å². The van der Waals surface area contributed by atoms with Crippen molar-refractivity contribution in [3.63, 3.8) is 0 Å². The fourth-order valence-corrected chi connectivity index (χ4v) is 1.89. The maximum Gasteiger partial charge on any atom is 0.234 e. The van der Waals surface area contributed by atoms with Gasteiger partial charge in [-0.15, -0.1) is 0 Å². The SMILES string of the molecule is CC(CC(N)=S)N1CCC1C(N)=O. The molecule has 1 fully saturated rings. The average Bonchev–Trinajstić information content (AvgIpc) is 1.79. The molecule has 0 bridgehead atoms. The Hall–Kier alpha value is -0.680. The number of amides is 1. The Morgan fingerprint density at radius 3 is 2.62 bits per heavy atom. The first-order valence-corrected chi connectivity index (χ1v) is 4.76. The summed E-state index contributed by atoms with van der Waals surface area (Å²) in [6, 6.07) is 0.119. The topological polar surface area (TPSA) is 72.3 Å². The number of hydrogen-bond acceptors (Lipinski definition) is 3. The molecule has 4 nitrogen and oxygen atoms in total. The molecule has 1 amide bonds. The second-order valence-electron chi connectivity index (χ2n) is 3.46. The van der Waals surface area contributed by atoms with E-state index in [0.717, 1.165) is 13.0 Å². The van der Waals surface area contributed by atoms with Gasteiger partial charge in [-0.05, 0) is 13.3 Å². The van der Waals surface area contributed by atoms with E-state index in [9.17, 15) is 4.79 Å². The van der Waals surface area contributed by atoms with Crippen molar-refractivity contribution in [1.82, 2.24) is 4.90 Å². The third kappa shape index (κ3) is 2.38. The van der Waals surface area contributed by atoms with Crippen LogP contribution in [0.15, 0.2) is 0 Å². The van der Waals surface area contributed by atoms with Crippen LogP contribution in [0, 0.1) is 0 Å². The number of carbonyl (C=O) groups excluding carboxylic acids is 1. The lowest BCUT2D eigenvalue weighted by atomic mass is 9.98. The summed E-state index contributed by atoms with van der Waals surface area (Å²) in [5.41, 5.74) is 10.6. The van der Waals surface area contributed by atoms with Crippen LogP contribution in [0.4, 0.5) is 0 Å². The van der Waals surface area contributed by atoms with Gasteiger partial charge in [0.2, 0.25) is 5.91 Å². The summed E-state index contributed by atoms with van der Waals surface area (Å²) in [5.74, 6) is -0.249. The predicted molar refractivity (Wildman–Crippen MR) is 55.2 cm³/mol. The zero-order valence-electron chi connectivity index (χ0n) is 7.69. The number of hydrogen-bond donors (Lipinski definition) is 2. The largest absolute Gasteiger partial charge is 0.393 e. The number of nitrogens with zero attached hydrogens (tertiary/aromatic N) is 1. The third-order valence-corrected chi connectivity index (χ3v) is 2.62. The Balaban J connectivity index is 2.44. The number of rotatable bonds is 4. The molecule has 1 heterocycles. The first-order chi connectivity index (χ1) is 6.02. The van der Waals surface area contributed by atoms with Crippen molar-refractivity contribution in [2.75, 3.05) is 6.54 Å². The van der Waals surface area contributed by atoms with Crippen molar-refractivity contribution >= 4 is 23.1 Å². The van der Waals surface area contributed by atoms with Crippen LogP contribution >= 0.6 is 12.2 Å². The molecule has 1 aliphatic heterocycles. The Bertz CT molecular complexity index is 231. The van der Waals surface area contributed by atoms with Gasteiger partial charge in [0.05, 0.1) is 11.0 Å². The fourth-order valence-electron chi connectivity index (χ4n) is 1.65. The van der Waals surface area contributed by atoms with Crippen LogP contribution in [0.5, 0.6) is 0 Å². The van der Waals surface area contributed by atoms with E-state index in [1.807, 2.05) is 11.8 Å². The van der Waals surface area contributed by atoms with Gasteiger partial charge in [0.25, 0.3) is 0 Å². The molecule has 0 aromatic carbocycles. The zero-order valence-corrected chi connectivity index (χ0v) is 8.51. The lowest BCUT2D eigenvalue weighted by Gasteiger charge is -2.42. The van der Waals surface area contributed by atoms with Crippen LogP contribution in [0.3, 0.4) is 0 Å². The molecule has 1 aliphatic rings. The molecule has 1 saturated heterocycles. The smallest absolute Gasteiger partial charge is 0.234 e. The van der Waals surface area contributed by atoms with Crippen molar-refractivity contribution in [3.8, 4) is 0 Å². The molecule has 0 radical (unpaired) electrons. The molecule has 0 spiro atoms. The molecule has 74 valence electrons. The minimum atomic E-state index is -0.249. The quantitative estimate of drug-likeness (QED) is 0.608. The highest BCUT2D eigenvalue weighted by Crippen LogP contribution is 2.21. The Labute approximate surface area is 83.2 Å². The van der Waals surface area contributed by atoms with Crippen LogP contribution < -0.4 is 11.5 Å². The maximum atomic E-state index is 10.9.